The molecule has 7 heteroatoms. The zero-order valence-electron chi connectivity index (χ0n) is 21.6. The van der Waals surface area contributed by atoms with Gasteiger partial charge < -0.3 is 10.2 Å². The molecule has 1 N–H and O–H groups in total. The third-order valence-corrected chi connectivity index (χ3v) is 8.08. The van der Waals surface area contributed by atoms with Gasteiger partial charge in [-0.25, -0.2) is 13.6 Å². The van der Waals surface area contributed by atoms with Crippen molar-refractivity contribution in [1.29, 1.82) is 5.26 Å². The van der Waals surface area contributed by atoms with Crippen molar-refractivity contribution >= 4 is 11.7 Å². The number of nitrogens with zero attached hydrogens (tertiary/aromatic N) is 3. The Morgan fingerprint density at radius 3 is 2.50 bits per heavy atom. The summed E-state index contributed by atoms with van der Waals surface area (Å²) >= 11 is 0. The van der Waals surface area contributed by atoms with E-state index in [9.17, 15) is 18.8 Å². The Morgan fingerprint density at radius 1 is 1.11 bits per heavy atom. The Kier molecular flexibility index (Phi) is 7.65. The van der Waals surface area contributed by atoms with Crippen molar-refractivity contribution in [1.82, 2.24) is 9.80 Å². The van der Waals surface area contributed by atoms with Crippen molar-refractivity contribution in [2.45, 2.75) is 76.9 Å². The van der Waals surface area contributed by atoms with E-state index in [2.05, 4.69) is 50.0 Å². The molecule has 4 rings (SSSR count). The zero-order valence-corrected chi connectivity index (χ0v) is 21.6. The Bertz CT molecular complexity index is 1140. The summed E-state index contributed by atoms with van der Waals surface area (Å²) in [7, 11) is 0. The molecule has 2 saturated carbocycles. The molecule has 0 bridgehead atoms. The van der Waals surface area contributed by atoms with Gasteiger partial charge in [-0.05, 0) is 94.5 Å². The predicted molar refractivity (Wildman–Crippen MR) is 138 cm³/mol. The molecule has 192 valence electrons. The number of urea groups is 1. The number of hydrogen-bond acceptors (Lipinski definition) is 3. The normalized spacial score (nSPS) is 22.9. The molecule has 2 aliphatic rings. The van der Waals surface area contributed by atoms with Crippen LogP contribution in [0, 0.1) is 28.9 Å². The highest BCUT2D eigenvalue weighted by Crippen LogP contribution is 2.62. The Labute approximate surface area is 213 Å². The van der Waals surface area contributed by atoms with E-state index in [4.69, 9.17) is 0 Å². The standard InChI is InChI=1S/C29H36F2N4O/c1-19(2)34(20(3)4)12-13-35(28(36)33-24-8-9-26(30)27(31)16-24)25-10-11-29(17-23(29)15-25)22-7-5-6-21(14-22)18-32/h5-9,14,16,19-20,23,25H,10-13,15,17H2,1-4H3,(H,33,36)/t23-,25+,29+/m0/s1. The van der Waals surface area contributed by atoms with E-state index >= 15 is 0 Å². The van der Waals surface area contributed by atoms with Crippen LogP contribution in [0.1, 0.15) is 64.5 Å². The van der Waals surface area contributed by atoms with Gasteiger partial charge >= 0.3 is 6.03 Å². The van der Waals surface area contributed by atoms with E-state index in [0.717, 1.165) is 44.4 Å². The molecule has 36 heavy (non-hydrogen) atoms. The molecule has 0 heterocycles. The maximum Gasteiger partial charge on any atom is 0.322 e. The van der Waals surface area contributed by atoms with Crippen molar-refractivity contribution in [2.75, 3.05) is 18.4 Å². The summed E-state index contributed by atoms with van der Waals surface area (Å²) in [6, 6.07) is 14.1. The monoisotopic (exact) mass is 494 g/mol. The minimum Gasteiger partial charge on any atom is -0.320 e. The van der Waals surface area contributed by atoms with Crippen LogP contribution in [0.2, 0.25) is 0 Å². The number of nitriles is 1. The lowest BCUT2D eigenvalue weighted by Crippen LogP contribution is -2.50. The number of carbonyl (C=O) groups is 1. The molecule has 2 amide bonds. The Hall–Kier alpha value is -2.98. The first-order chi connectivity index (χ1) is 17.1. The topological polar surface area (TPSA) is 59.4 Å². The number of carbonyl (C=O) groups excluding carboxylic acids is 1. The molecule has 0 spiro atoms. The molecule has 0 aromatic heterocycles. The molecule has 0 saturated heterocycles. The van der Waals surface area contributed by atoms with Crippen LogP contribution in [0.5, 0.6) is 0 Å². The largest absolute Gasteiger partial charge is 0.322 e. The lowest BCUT2D eigenvalue weighted by Gasteiger charge is -2.39. The summed E-state index contributed by atoms with van der Waals surface area (Å²) < 4.78 is 27.2. The second-order valence-corrected chi connectivity index (χ2v) is 10.9. The summed E-state index contributed by atoms with van der Waals surface area (Å²) in [5.74, 6) is -1.45. The first-order valence-electron chi connectivity index (χ1n) is 12.9. The number of amides is 2. The quantitative estimate of drug-likeness (QED) is 0.469. The zero-order chi connectivity index (χ0) is 26.0. The van der Waals surface area contributed by atoms with E-state index < -0.39 is 11.6 Å². The highest BCUT2D eigenvalue weighted by atomic mass is 19.2. The minimum atomic E-state index is -0.981. The maximum atomic E-state index is 13.8. The van der Waals surface area contributed by atoms with Crippen LogP contribution in [0.3, 0.4) is 0 Å². The van der Waals surface area contributed by atoms with Gasteiger partial charge in [0.05, 0.1) is 11.6 Å². The van der Waals surface area contributed by atoms with Crippen LogP contribution in [-0.2, 0) is 5.41 Å². The lowest BCUT2D eigenvalue weighted by molar-refractivity contribution is 0.120. The number of benzene rings is 2. The molecule has 0 unspecified atom stereocenters. The smallest absolute Gasteiger partial charge is 0.320 e. The van der Waals surface area contributed by atoms with Crippen LogP contribution in [0.4, 0.5) is 19.3 Å². The number of halogens is 2. The van der Waals surface area contributed by atoms with E-state index in [1.54, 1.807) is 0 Å². The van der Waals surface area contributed by atoms with Gasteiger partial charge in [0.15, 0.2) is 11.6 Å². The van der Waals surface area contributed by atoms with Crippen molar-refractivity contribution in [3.63, 3.8) is 0 Å². The summed E-state index contributed by atoms with van der Waals surface area (Å²) in [5, 5.41) is 12.1. The molecule has 2 fully saturated rings. The summed E-state index contributed by atoms with van der Waals surface area (Å²) in [6.45, 7) is 9.90. The SMILES string of the molecule is CC(C)N(CCN(C(=O)Nc1ccc(F)c(F)c1)[C@@H]1CC[C@]2(c3cccc(C#N)c3)C[C@@H]2C1)C(C)C. The number of anilines is 1. The van der Waals surface area contributed by atoms with E-state index in [0.29, 0.717) is 30.1 Å². The first kappa shape index (κ1) is 26.1. The van der Waals surface area contributed by atoms with Gasteiger partial charge in [0.1, 0.15) is 0 Å². The second kappa shape index (κ2) is 10.6. The minimum absolute atomic E-state index is 0.0660. The molecule has 3 atom stereocenters. The molecule has 2 aliphatic carbocycles. The van der Waals surface area contributed by atoms with Gasteiger partial charge in [-0.2, -0.15) is 5.26 Å². The van der Waals surface area contributed by atoms with Crippen molar-refractivity contribution < 1.29 is 13.6 Å². The summed E-state index contributed by atoms with van der Waals surface area (Å²) in [5.41, 5.74) is 2.27. The number of nitrogens with one attached hydrogen (secondary N) is 1. The number of fused-ring (bicyclic) bond motifs is 1. The molecule has 0 radical (unpaired) electrons. The average Bonchev–Trinajstić information content (AvgIpc) is 3.59. The molecule has 5 nitrogen and oxygen atoms in total. The van der Waals surface area contributed by atoms with Gasteiger partial charge in [-0.3, -0.25) is 4.90 Å². The highest BCUT2D eigenvalue weighted by Gasteiger charge is 2.58. The van der Waals surface area contributed by atoms with Crippen molar-refractivity contribution in [3.05, 3.63) is 65.2 Å². The fourth-order valence-electron chi connectivity index (χ4n) is 6.10. The molecule has 2 aromatic rings. The third-order valence-electron chi connectivity index (χ3n) is 8.08. The average molecular weight is 495 g/mol. The van der Waals surface area contributed by atoms with E-state index in [1.165, 1.54) is 11.6 Å². The predicted octanol–water partition coefficient (Wildman–Crippen LogP) is 6.30. The van der Waals surface area contributed by atoms with Crippen LogP contribution in [0.25, 0.3) is 0 Å². The van der Waals surface area contributed by atoms with Gasteiger partial charge in [-0.1, -0.05) is 12.1 Å². The summed E-state index contributed by atoms with van der Waals surface area (Å²) in [6.07, 6.45) is 3.79. The molecule has 0 aliphatic heterocycles. The maximum absolute atomic E-state index is 13.8. The van der Waals surface area contributed by atoms with E-state index in [1.807, 2.05) is 23.1 Å². The molecular weight excluding hydrogens is 458 g/mol. The van der Waals surface area contributed by atoms with Gasteiger partial charge in [0.25, 0.3) is 0 Å². The summed E-state index contributed by atoms with van der Waals surface area (Å²) in [4.78, 5) is 17.7. The Balaban J connectivity index is 1.51. The van der Waals surface area contributed by atoms with E-state index in [-0.39, 0.29) is 23.2 Å². The Morgan fingerprint density at radius 2 is 1.86 bits per heavy atom. The van der Waals surface area contributed by atoms with Crippen LogP contribution in [-0.4, -0.2) is 47.0 Å². The van der Waals surface area contributed by atoms with Crippen molar-refractivity contribution in [2.24, 2.45) is 5.92 Å². The van der Waals surface area contributed by atoms with Crippen molar-refractivity contribution in [3.8, 4) is 6.07 Å². The highest BCUT2D eigenvalue weighted by molar-refractivity contribution is 5.89. The number of rotatable bonds is 8. The fourth-order valence-corrected chi connectivity index (χ4v) is 6.10. The first-order valence-corrected chi connectivity index (χ1v) is 12.9. The van der Waals surface area contributed by atoms with Crippen LogP contribution < -0.4 is 5.32 Å². The van der Waals surface area contributed by atoms with Gasteiger partial charge in [0.2, 0.25) is 0 Å². The van der Waals surface area contributed by atoms with Crippen LogP contribution >= 0.6 is 0 Å². The van der Waals surface area contributed by atoms with Gasteiger partial charge in [-0.15, -0.1) is 0 Å². The molecular formula is C29H36F2N4O. The number of hydrogen-bond donors (Lipinski definition) is 1. The van der Waals surface area contributed by atoms with Gasteiger partial charge in [0, 0.05) is 43.0 Å². The van der Waals surface area contributed by atoms with Crippen LogP contribution in [0.15, 0.2) is 42.5 Å². The lowest BCUT2D eigenvalue weighted by atomic mass is 9.80. The third kappa shape index (κ3) is 5.39. The second-order valence-electron chi connectivity index (χ2n) is 10.9. The molecule has 2 aromatic carbocycles. The fraction of sp³-hybridized carbons (Fsp3) is 0.517.